The Balaban J connectivity index is 1.16. The molecular formula is C23H29N7O. The van der Waals surface area contributed by atoms with Crippen LogP contribution in [0.2, 0.25) is 0 Å². The molecule has 3 aromatic rings. The summed E-state index contributed by atoms with van der Waals surface area (Å²) in [5.74, 6) is 0. The van der Waals surface area contributed by atoms with Crippen molar-refractivity contribution in [2.75, 3.05) is 32.7 Å². The van der Waals surface area contributed by atoms with Crippen LogP contribution in [0.1, 0.15) is 23.4 Å². The Hall–Kier alpha value is -2.84. The number of aromatic nitrogens is 5. The van der Waals surface area contributed by atoms with E-state index < -0.39 is 0 Å². The average Bonchev–Trinajstić information content (AvgIpc) is 3.36. The van der Waals surface area contributed by atoms with E-state index in [0.717, 1.165) is 56.9 Å². The molecule has 0 radical (unpaired) electrons. The number of rotatable bonds is 6. The number of piperazine rings is 1. The third-order valence-electron chi connectivity index (χ3n) is 6.49. The minimum Gasteiger partial charge on any atom is -0.299 e. The predicted octanol–water partition coefficient (Wildman–Crippen LogP) is 1.35. The van der Waals surface area contributed by atoms with E-state index in [9.17, 15) is 4.79 Å². The molecule has 0 amide bonds. The number of hydrogen-bond donors (Lipinski definition) is 0. The Labute approximate surface area is 182 Å². The van der Waals surface area contributed by atoms with Crippen molar-refractivity contribution in [3.05, 3.63) is 64.0 Å². The molecule has 0 saturated carbocycles. The first kappa shape index (κ1) is 20.1. The molecule has 1 fully saturated rings. The van der Waals surface area contributed by atoms with Crippen LogP contribution in [0.25, 0.3) is 11.3 Å². The lowest BCUT2D eigenvalue weighted by molar-refractivity contribution is 0.120. The Kier molecular flexibility index (Phi) is 5.65. The molecule has 0 spiro atoms. The maximum atomic E-state index is 12.3. The van der Waals surface area contributed by atoms with Crippen LogP contribution < -0.4 is 5.56 Å². The number of nitrogens with zero attached hydrogens (tertiary/aromatic N) is 7. The maximum absolute atomic E-state index is 12.3. The third-order valence-corrected chi connectivity index (χ3v) is 6.49. The molecule has 5 rings (SSSR count). The van der Waals surface area contributed by atoms with Gasteiger partial charge < -0.3 is 0 Å². The van der Waals surface area contributed by atoms with Crippen molar-refractivity contribution in [1.82, 2.24) is 34.3 Å². The van der Waals surface area contributed by atoms with Gasteiger partial charge in [-0.05, 0) is 43.0 Å². The summed E-state index contributed by atoms with van der Waals surface area (Å²) in [7, 11) is 2.08. The first-order valence-corrected chi connectivity index (χ1v) is 11.1. The van der Waals surface area contributed by atoms with E-state index in [0.29, 0.717) is 6.54 Å². The fraction of sp³-hybridized carbons (Fsp3) is 0.478. The molecular weight excluding hydrogens is 390 g/mol. The molecule has 0 N–H and O–H groups in total. The quantitative estimate of drug-likeness (QED) is 0.601. The van der Waals surface area contributed by atoms with Gasteiger partial charge in [0.15, 0.2) is 0 Å². The molecule has 2 aliphatic rings. The van der Waals surface area contributed by atoms with Crippen LogP contribution in [0.4, 0.5) is 0 Å². The lowest BCUT2D eigenvalue weighted by Crippen LogP contribution is -2.47. The van der Waals surface area contributed by atoms with E-state index in [2.05, 4.69) is 31.6 Å². The molecule has 0 bridgehead atoms. The molecule has 31 heavy (non-hydrogen) atoms. The lowest BCUT2D eigenvalue weighted by Gasteiger charge is -2.34. The summed E-state index contributed by atoms with van der Waals surface area (Å²) in [6.07, 6.45) is 7.06. The van der Waals surface area contributed by atoms with Crippen molar-refractivity contribution in [1.29, 1.82) is 0 Å². The molecule has 1 aliphatic carbocycles. The summed E-state index contributed by atoms with van der Waals surface area (Å²) in [5.41, 5.74) is 5.83. The highest BCUT2D eigenvalue weighted by atomic mass is 16.1. The van der Waals surface area contributed by atoms with Gasteiger partial charge in [-0.15, -0.1) is 0 Å². The summed E-state index contributed by atoms with van der Waals surface area (Å²) in [4.78, 5) is 21.4. The zero-order chi connectivity index (χ0) is 21.2. The minimum atomic E-state index is -0.0589. The first-order chi connectivity index (χ1) is 15.2. The van der Waals surface area contributed by atoms with Crippen LogP contribution in [-0.4, -0.2) is 67.1 Å². The highest BCUT2D eigenvalue weighted by molar-refractivity contribution is 5.56. The van der Waals surface area contributed by atoms with E-state index in [1.54, 1.807) is 29.2 Å². The second-order valence-corrected chi connectivity index (χ2v) is 8.49. The number of fused-ring (bicyclic) bond motifs is 1. The molecule has 162 valence electrons. The maximum Gasteiger partial charge on any atom is 0.266 e. The fourth-order valence-corrected chi connectivity index (χ4v) is 4.68. The van der Waals surface area contributed by atoms with Gasteiger partial charge in [-0.1, -0.05) is 0 Å². The van der Waals surface area contributed by atoms with Crippen molar-refractivity contribution in [2.24, 2.45) is 7.05 Å². The lowest BCUT2D eigenvalue weighted by atomic mass is 10.2. The van der Waals surface area contributed by atoms with Crippen LogP contribution in [0, 0.1) is 0 Å². The van der Waals surface area contributed by atoms with Gasteiger partial charge in [0.25, 0.3) is 5.56 Å². The van der Waals surface area contributed by atoms with E-state index in [1.807, 2.05) is 12.1 Å². The van der Waals surface area contributed by atoms with Crippen LogP contribution >= 0.6 is 0 Å². The second kappa shape index (κ2) is 8.72. The third kappa shape index (κ3) is 4.31. The molecule has 1 saturated heterocycles. The average molecular weight is 420 g/mol. The standard InChI is InChI=1S/C23H29N7O/c1-27-22(19-5-2-6-21(19)25-27)17-29-12-10-28(11-13-29)14-15-30-23(31)8-7-20(26-30)18-4-3-9-24-16-18/h3-4,7-9,16H,2,5-6,10-15,17H2,1H3. The molecule has 1 aliphatic heterocycles. The van der Waals surface area contributed by atoms with E-state index in [4.69, 9.17) is 5.10 Å². The SMILES string of the molecule is Cn1nc2c(c1CN1CCN(CCn3nc(-c4cccnc4)ccc3=O)CC1)CCC2. The Bertz CT molecular complexity index is 1100. The van der Waals surface area contributed by atoms with Crippen molar-refractivity contribution < 1.29 is 0 Å². The smallest absolute Gasteiger partial charge is 0.266 e. The number of aryl methyl sites for hydroxylation is 2. The van der Waals surface area contributed by atoms with E-state index >= 15 is 0 Å². The fourth-order valence-electron chi connectivity index (χ4n) is 4.68. The van der Waals surface area contributed by atoms with Gasteiger partial charge in [0, 0.05) is 70.3 Å². The van der Waals surface area contributed by atoms with Gasteiger partial charge in [-0.25, -0.2) is 4.68 Å². The van der Waals surface area contributed by atoms with Gasteiger partial charge >= 0.3 is 0 Å². The zero-order valence-electron chi connectivity index (χ0n) is 18.1. The molecule has 0 unspecified atom stereocenters. The first-order valence-electron chi connectivity index (χ1n) is 11.1. The summed E-state index contributed by atoms with van der Waals surface area (Å²) < 4.78 is 3.66. The predicted molar refractivity (Wildman–Crippen MR) is 119 cm³/mol. The molecule has 0 aromatic carbocycles. The highest BCUT2D eigenvalue weighted by Crippen LogP contribution is 2.25. The van der Waals surface area contributed by atoms with Gasteiger partial charge in [-0.2, -0.15) is 10.2 Å². The molecule has 3 aromatic heterocycles. The minimum absolute atomic E-state index is 0.0589. The molecule has 8 nitrogen and oxygen atoms in total. The van der Waals surface area contributed by atoms with Crippen LogP contribution in [0.5, 0.6) is 0 Å². The summed E-state index contributed by atoms with van der Waals surface area (Å²) in [6.45, 7) is 6.52. The van der Waals surface area contributed by atoms with Gasteiger partial charge in [-0.3, -0.25) is 24.3 Å². The zero-order valence-corrected chi connectivity index (χ0v) is 18.1. The molecule has 4 heterocycles. The molecule has 0 atom stereocenters. The van der Waals surface area contributed by atoms with Crippen molar-refractivity contribution >= 4 is 0 Å². The van der Waals surface area contributed by atoms with Gasteiger partial charge in [0.05, 0.1) is 23.6 Å². The van der Waals surface area contributed by atoms with Crippen LogP contribution in [-0.2, 0) is 33.0 Å². The second-order valence-electron chi connectivity index (χ2n) is 8.49. The summed E-state index contributed by atoms with van der Waals surface area (Å²) >= 11 is 0. The monoisotopic (exact) mass is 419 g/mol. The topological polar surface area (TPSA) is 72.1 Å². The van der Waals surface area contributed by atoms with Crippen LogP contribution in [0.3, 0.4) is 0 Å². The number of hydrogen-bond acceptors (Lipinski definition) is 6. The normalized spacial score (nSPS) is 17.2. The summed E-state index contributed by atoms with van der Waals surface area (Å²) in [5, 5.41) is 9.26. The van der Waals surface area contributed by atoms with Crippen molar-refractivity contribution in [3.8, 4) is 11.3 Å². The van der Waals surface area contributed by atoms with E-state index in [1.165, 1.54) is 29.8 Å². The highest BCUT2D eigenvalue weighted by Gasteiger charge is 2.24. The number of pyridine rings is 1. The summed E-state index contributed by atoms with van der Waals surface area (Å²) in [6, 6.07) is 7.20. The molecule has 8 heteroatoms. The Morgan fingerprint density at radius 3 is 2.61 bits per heavy atom. The Morgan fingerprint density at radius 1 is 0.968 bits per heavy atom. The van der Waals surface area contributed by atoms with E-state index in [-0.39, 0.29) is 5.56 Å². The van der Waals surface area contributed by atoms with Crippen molar-refractivity contribution in [2.45, 2.75) is 32.4 Å². The largest absolute Gasteiger partial charge is 0.299 e. The van der Waals surface area contributed by atoms with Gasteiger partial charge in [0.2, 0.25) is 0 Å². The van der Waals surface area contributed by atoms with Crippen LogP contribution in [0.15, 0.2) is 41.5 Å². The van der Waals surface area contributed by atoms with Crippen molar-refractivity contribution in [3.63, 3.8) is 0 Å². The van der Waals surface area contributed by atoms with Gasteiger partial charge in [0.1, 0.15) is 0 Å². The Morgan fingerprint density at radius 2 is 1.81 bits per heavy atom.